The van der Waals surface area contributed by atoms with Crippen molar-refractivity contribution < 1.29 is 19.0 Å². The second-order valence-electron chi connectivity index (χ2n) is 4.14. The maximum absolute atomic E-state index is 11.1. The number of esters is 1. The van der Waals surface area contributed by atoms with Crippen molar-refractivity contribution in [3.63, 3.8) is 0 Å². The van der Waals surface area contributed by atoms with E-state index in [1.165, 1.54) is 7.11 Å². The van der Waals surface area contributed by atoms with Crippen LogP contribution in [0.25, 0.3) is 0 Å². The molecule has 0 fully saturated rings. The summed E-state index contributed by atoms with van der Waals surface area (Å²) in [4.78, 5) is 11.1. The monoisotopic (exact) mass is 222 g/mol. The Morgan fingerprint density at radius 3 is 2.69 bits per heavy atom. The molecule has 16 heavy (non-hydrogen) atoms. The van der Waals surface area contributed by atoms with Gasteiger partial charge in [-0.1, -0.05) is 6.07 Å². The van der Waals surface area contributed by atoms with Crippen LogP contribution in [0.5, 0.6) is 11.5 Å². The molecule has 4 heteroatoms. The predicted molar refractivity (Wildman–Crippen MR) is 57.5 cm³/mol. The molecule has 0 saturated heterocycles. The zero-order chi connectivity index (χ0) is 11.8. The summed E-state index contributed by atoms with van der Waals surface area (Å²) in [6.45, 7) is 3.68. The van der Waals surface area contributed by atoms with Gasteiger partial charge in [0.25, 0.3) is 0 Å². The van der Waals surface area contributed by atoms with E-state index >= 15 is 0 Å². The third-order valence-electron chi connectivity index (χ3n) is 2.30. The van der Waals surface area contributed by atoms with E-state index in [0.29, 0.717) is 11.5 Å². The highest BCUT2D eigenvalue weighted by Crippen LogP contribution is 2.39. The van der Waals surface area contributed by atoms with Crippen LogP contribution >= 0.6 is 0 Å². The topological polar surface area (TPSA) is 44.8 Å². The smallest absolute Gasteiger partial charge is 0.309 e. The molecule has 4 nitrogen and oxygen atoms in total. The number of methoxy groups -OCH3 is 1. The Kier molecular flexibility index (Phi) is 2.50. The molecule has 0 N–H and O–H groups in total. The van der Waals surface area contributed by atoms with Crippen molar-refractivity contribution in [2.45, 2.75) is 26.1 Å². The Hall–Kier alpha value is -1.71. The van der Waals surface area contributed by atoms with E-state index in [4.69, 9.17) is 9.47 Å². The van der Waals surface area contributed by atoms with Gasteiger partial charge in [0.1, 0.15) is 0 Å². The maximum Gasteiger partial charge on any atom is 0.309 e. The molecule has 1 aliphatic heterocycles. The molecular formula is C12H14O4. The Labute approximate surface area is 94.1 Å². The molecule has 2 rings (SSSR count). The highest BCUT2D eigenvalue weighted by molar-refractivity contribution is 5.72. The lowest BCUT2D eigenvalue weighted by Gasteiger charge is -2.16. The first-order valence-electron chi connectivity index (χ1n) is 5.08. The molecular weight excluding hydrogens is 208 g/mol. The van der Waals surface area contributed by atoms with Gasteiger partial charge in [0.05, 0.1) is 13.5 Å². The molecule has 0 aromatic heterocycles. The number of fused-ring (bicyclic) bond motifs is 1. The molecule has 0 atom stereocenters. The second kappa shape index (κ2) is 3.70. The Bertz CT molecular complexity index is 423. The van der Waals surface area contributed by atoms with Crippen molar-refractivity contribution in [1.29, 1.82) is 0 Å². The van der Waals surface area contributed by atoms with Gasteiger partial charge in [0, 0.05) is 13.8 Å². The summed E-state index contributed by atoms with van der Waals surface area (Å²) in [6.07, 6.45) is 0.244. The lowest BCUT2D eigenvalue weighted by atomic mass is 10.1. The summed E-state index contributed by atoms with van der Waals surface area (Å²) in [6, 6.07) is 5.45. The largest absolute Gasteiger partial charge is 0.469 e. The van der Waals surface area contributed by atoms with Crippen molar-refractivity contribution in [3.8, 4) is 11.5 Å². The first kappa shape index (κ1) is 10.8. The quantitative estimate of drug-likeness (QED) is 0.717. The van der Waals surface area contributed by atoms with Crippen LogP contribution in [0.15, 0.2) is 18.2 Å². The van der Waals surface area contributed by atoms with Crippen LogP contribution in [0.3, 0.4) is 0 Å². The maximum atomic E-state index is 11.1. The molecule has 0 unspecified atom stereocenters. The van der Waals surface area contributed by atoms with Gasteiger partial charge in [-0.15, -0.1) is 0 Å². The van der Waals surface area contributed by atoms with Gasteiger partial charge < -0.3 is 14.2 Å². The Morgan fingerprint density at radius 1 is 1.31 bits per heavy atom. The van der Waals surface area contributed by atoms with E-state index in [1.54, 1.807) is 6.07 Å². The molecule has 0 aliphatic carbocycles. The van der Waals surface area contributed by atoms with Crippen LogP contribution in [0.4, 0.5) is 0 Å². The molecule has 0 spiro atoms. The minimum absolute atomic E-state index is 0.244. The summed E-state index contributed by atoms with van der Waals surface area (Å²) >= 11 is 0. The van der Waals surface area contributed by atoms with Gasteiger partial charge >= 0.3 is 5.97 Å². The van der Waals surface area contributed by atoms with Gasteiger partial charge in [0.15, 0.2) is 11.5 Å². The average molecular weight is 222 g/mol. The van der Waals surface area contributed by atoms with Crippen molar-refractivity contribution in [3.05, 3.63) is 23.8 Å². The third kappa shape index (κ3) is 2.10. The van der Waals surface area contributed by atoms with Gasteiger partial charge in [-0.25, -0.2) is 0 Å². The first-order chi connectivity index (χ1) is 7.50. The fourth-order valence-electron chi connectivity index (χ4n) is 1.62. The molecule has 0 bridgehead atoms. The van der Waals surface area contributed by atoms with Crippen molar-refractivity contribution >= 4 is 5.97 Å². The molecule has 0 saturated carbocycles. The highest BCUT2D eigenvalue weighted by Gasteiger charge is 2.31. The molecule has 1 aromatic carbocycles. The van der Waals surface area contributed by atoms with Crippen LogP contribution in [-0.4, -0.2) is 18.9 Å². The molecule has 1 aromatic rings. The fraction of sp³-hybridized carbons (Fsp3) is 0.417. The Morgan fingerprint density at radius 2 is 2.00 bits per heavy atom. The van der Waals surface area contributed by atoms with E-state index in [1.807, 2.05) is 26.0 Å². The normalized spacial score (nSPS) is 15.9. The van der Waals surface area contributed by atoms with E-state index in [2.05, 4.69) is 4.74 Å². The van der Waals surface area contributed by atoms with E-state index in [0.717, 1.165) is 5.56 Å². The molecule has 0 amide bonds. The summed E-state index contributed by atoms with van der Waals surface area (Å²) in [5, 5.41) is 0. The summed E-state index contributed by atoms with van der Waals surface area (Å²) in [5.41, 5.74) is 0.854. The number of carbonyl (C=O) groups excluding carboxylic acids is 1. The van der Waals surface area contributed by atoms with E-state index in [9.17, 15) is 4.79 Å². The molecule has 1 aliphatic rings. The zero-order valence-corrected chi connectivity index (χ0v) is 9.57. The molecule has 1 heterocycles. The van der Waals surface area contributed by atoms with Crippen LogP contribution in [0.1, 0.15) is 19.4 Å². The lowest BCUT2D eigenvalue weighted by Crippen LogP contribution is -2.29. The Balaban J connectivity index is 2.19. The van der Waals surface area contributed by atoms with Gasteiger partial charge in [-0.3, -0.25) is 4.79 Å². The number of hydrogen-bond acceptors (Lipinski definition) is 4. The van der Waals surface area contributed by atoms with Crippen molar-refractivity contribution in [2.75, 3.05) is 7.11 Å². The highest BCUT2D eigenvalue weighted by atomic mass is 16.7. The summed E-state index contributed by atoms with van der Waals surface area (Å²) in [7, 11) is 1.37. The lowest BCUT2D eigenvalue weighted by molar-refractivity contribution is -0.139. The SMILES string of the molecule is COC(=O)Cc1ccc2c(c1)OC(C)(C)O2. The number of rotatable bonds is 2. The zero-order valence-electron chi connectivity index (χ0n) is 9.57. The molecule has 86 valence electrons. The summed E-state index contributed by atoms with van der Waals surface area (Å²) < 4.78 is 15.7. The van der Waals surface area contributed by atoms with Crippen LogP contribution in [0.2, 0.25) is 0 Å². The van der Waals surface area contributed by atoms with E-state index in [-0.39, 0.29) is 12.4 Å². The van der Waals surface area contributed by atoms with Crippen LogP contribution < -0.4 is 9.47 Å². The number of carbonyl (C=O) groups is 1. The van der Waals surface area contributed by atoms with Crippen LogP contribution in [0, 0.1) is 0 Å². The summed E-state index contributed by atoms with van der Waals surface area (Å²) in [5.74, 6) is 0.481. The van der Waals surface area contributed by atoms with Gasteiger partial charge in [-0.05, 0) is 17.7 Å². The van der Waals surface area contributed by atoms with E-state index < -0.39 is 5.79 Å². The average Bonchev–Trinajstić information content (AvgIpc) is 2.51. The van der Waals surface area contributed by atoms with Gasteiger partial charge in [0.2, 0.25) is 5.79 Å². The predicted octanol–water partition coefficient (Wildman–Crippen LogP) is 1.91. The van der Waals surface area contributed by atoms with Crippen LogP contribution in [-0.2, 0) is 16.0 Å². The number of ether oxygens (including phenoxy) is 3. The van der Waals surface area contributed by atoms with Crippen molar-refractivity contribution in [1.82, 2.24) is 0 Å². The minimum atomic E-state index is -0.633. The first-order valence-corrected chi connectivity index (χ1v) is 5.08. The minimum Gasteiger partial charge on any atom is -0.469 e. The molecule has 0 radical (unpaired) electrons. The second-order valence-corrected chi connectivity index (χ2v) is 4.14. The number of hydrogen-bond donors (Lipinski definition) is 0. The third-order valence-corrected chi connectivity index (χ3v) is 2.30. The van der Waals surface area contributed by atoms with Crippen molar-refractivity contribution in [2.24, 2.45) is 0 Å². The fourth-order valence-corrected chi connectivity index (χ4v) is 1.62. The standard InChI is InChI=1S/C12H14O4/c1-12(2)15-9-5-4-8(6-10(9)16-12)7-11(13)14-3/h4-6H,7H2,1-3H3. The van der Waals surface area contributed by atoms with Gasteiger partial charge in [-0.2, -0.15) is 0 Å². The number of benzene rings is 1.